The summed E-state index contributed by atoms with van der Waals surface area (Å²) in [5, 5.41) is 3.59. The Morgan fingerprint density at radius 3 is 2.92 bits per heavy atom. The van der Waals surface area contributed by atoms with Gasteiger partial charge in [-0.3, -0.25) is 5.32 Å². The molecule has 7 heteroatoms. The number of furan rings is 1. The topological polar surface area (TPSA) is 71.8 Å². The highest BCUT2D eigenvalue weighted by molar-refractivity contribution is 7.17. The normalized spacial score (nSPS) is 19.3. The molecular formula is C19H22N2O4S. The van der Waals surface area contributed by atoms with Crippen LogP contribution in [0, 0.1) is 0 Å². The fraction of sp³-hybridized carbons (Fsp3) is 0.474. The zero-order valence-electron chi connectivity index (χ0n) is 14.7. The summed E-state index contributed by atoms with van der Waals surface area (Å²) in [6, 6.07) is 3.50. The second kappa shape index (κ2) is 7.15. The van der Waals surface area contributed by atoms with Gasteiger partial charge in [-0.2, -0.15) is 0 Å². The molecule has 2 aliphatic rings. The van der Waals surface area contributed by atoms with Crippen molar-refractivity contribution in [1.82, 2.24) is 4.90 Å². The van der Waals surface area contributed by atoms with Gasteiger partial charge in [0.25, 0.3) is 0 Å². The number of methoxy groups -OCH3 is 1. The van der Waals surface area contributed by atoms with E-state index in [4.69, 9.17) is 9.15 Å². The van der Waals surface area contributed by atoms with Crippen molar-refractivity contribution in [2.45, 2.75) is 44.6 Å². The minimum atomic E-state index is -0.372. The van der Waals surface area contributed by atoms with E-state index in [1.165, 1.54) is 23.3 Å². The van der Waals surface area contributed by atoms with Crippen molar-refractivity contribution in [3.8, 4) is 0 Å². The highest BCUT2D eigenvalue weighted by Crippen LogP contribution is 2.39. The summed E-state index contributed by atoms with van der Waals surface area (Å²) in [6.07, 6.45) is 7.45. The Morgan fingerprint density at radius 2 is 2.15 bits per heavy atom. The number of aryl methyl sites for hydroxylation is 1. The SMILES string of the molecule is COC(=O)c1c(NC(=O)N2CCCC2c2ccco2)sc2c1CCCC2. The first-order valence-electron chi connectivity index (χ1n) is 9.03. The maximum atomic E-state index is 12.9. The van der Waals surface area contributed by atoms with Crippen molar-refractivity contribution in [2.24, 2.45) is 0 Å². The standard InChI is InChI=1S/C19H22N2O4S/c1-24-18(22)16-12-6-2-3-9-15(12)26-17(16)20-19(23)21-10-4-7-13(21)14-8-5-11-25-14/h5,8,11,13H,2-4,6-7,9-10H2,1H3,(H,20,23). The van der Waals surface area contributed by atoms with Crippen molar-refractivity contribution >= 4 is 28.3 Å². The minimum Gasteiger partial charge on any atom is -0.467 e. The van der Waals surface area contributed by atoms with Gasteiger partial charge in [0.1, 0.15) is 10.8 Å². The van der Waals surface area contributed by atoms with Crippen LogP contribution < -0.4 is 5.32 Å². The molecule has 1 aliphatic carbocycles. The number of anilines is 1. The largest absolute Gasteiger partial charge is 0.467 e. The number of thiophene rings is 1. The van der Waals surface area contributed by atoms with Crippen LogP contribution in [0.1, 0.15) is 58.3 Å². The van der Waals surface area contributed by atoms with E-state index in [1.807, 2.05) is 12.1 Å². The molecule has 0 bridgehead atoms. The van der Waals surface area contributed by atoms with Gasteiger partial charge in [-0.1, -0.05) is 0 Å². The van der Waals surface area contributed by atoms with E-state index in [9.17, 15) is 9.59 Å². The zero-order valence-corrected chi connectivity index (χ0v) is 15.6. The number of fused-ring (bicyclic) bond motifs is 1. The van der Waals surface area contributed by atoms with E-state index in [-0.39, 0.29) is 18.0 Å². The quantitative estimate of drug-likeness (QED) is 0.810. The monoisotopic (exact) mass is 374 g/mol. The van der Waals surface area contributed by atoms with E-state index in [0.29, 0.717) is 17.1 Å². The van der Waals surface area contributed by atoms with Crippen LogP contribution in [0.15, 0.2) is 22.8 Å². The number of hydrogen-bond donors (Lipinski definition) is 1. The summed E-state index contributed by atoms with van der Waals surface area (Å²) in [5.41, 5.74) is 1.58. The van der Waals surface area contributed by atoms with E-state index < -0.39 is 0 Å². The van der Waals surface area contributed by atoms with Crippen molar-refractivity contribution in [2.75, 3.05) is 19.0 Å². The molecule has 1 fully saturated rings. The number of amides is 2. The summed E-state index contributed by atoms with van der Waals surface area (Å²) < 4.78 is 10.5. The highest BCUT2D eigenvalue weighted by atomic mass is 32.1. The van der Waals surface area contributed by atoms with E-state index in [2.05, 4.69) is 5.32 Å². The van der Waals surface area contributed by atoms with Crippen LogP contribution in [-0.2, 0) is 17.6 Å². The van der Waals surface area contributed by atoms with E-state index >= 15 is 0 Å². The summed E-state index contributed by atoms with van der Waals surface area (Å²) >= 11 is 1.51. The zero-order chi connectivity index (χ0) is 18.1. The lowest BCUT2D eigenvalue weighted by molar-refractivity contribution is 0.0601. The van der Waals surface area contributed by atoms with Crippen LogP contribution in [-0.4, -0.2) is 30.6 Å². The van der Waals surface area contributed by atoms with E-state index in [0.717, 1.165) is 49.8 Å². The highest BCUT2D eigenvalue weighted by Gasteiger charge is 2.34. The molecule has 1 saturated heterocycles. The number of carbonyl (C=O) groups excluding carboxylic acids is 2. The van der Waals surface area contributed by atoms with Crippen molar-refractivity contribution in [3.63, 3.8) is 0 Å². The van der Waals surface area contributed by atoms with Gasteiger partial charge in [-0.15, -0.1) is 11.3 Å². The lowest BCUT2D eigenvalue weighted by Gasteiger charge is -2.23. The maximum Gasteiger partial charge on any atom is 0.341 e. The minimum absolute atomic E-state index is 0.0545. The number of ether oxygens (including phenoxy) is 1. The first-order valence-corrected chi connectivity index (χ1v) is 9.84. The number of likely N-dealkylation sites (tertiary alicyclic amines) is 1. The Morgan fingerprint density at radius 1 is 1.31 bits per heavy atom. The number of carbonyl (C=O) groups is 2. The van der Waals surface area contributed by atoms with Gasteiger partial charge >= 0.3 is 12.0 Å². The molecule has 1 N–H and O–H groups in total. The van der Waals surface area contributed by atoms with Crippen LogP contribution >= 0.6 is 11.3 Å². The number of nitrogens with one attached hydrogen (secondary N) is 1. The second-order valence-electron chi connectivity index (χ2n) is 6.70. The van der Waals surface area contributed by atoms with Crippen LogP contribution in [0.2, 0.25) is 0 Å². The fourth-order valence-corrected chi connectivity index (χ4v) is 5.19. The van der Waals surface area contributed by atoms with Gasteiger partial charge in [-0.05, 0) is 56.2 Å². The third kappa shape index (κ3) is 3.00. The molecule has 4 rings (SSSR count). The van der Waals surface area contributed by atoms with Crippen molar-refractivity contribution < 1.29 is 18.7 Å². The summed E-state index contributed by atoms with van der Waals surface area (Å²) in [5.74, 6) is 0.431. The number of esters is 1. The first-order chi connectivity index (χ1) is 12.7. The van der Waals surface area contributed by atoms with Crippen molar-refractivity contribution in [1.29, 1.82) is 0 Å². The lowest BCUT2D eigenvalue weighted by atomic mass is 9.95. The molecule has 26 heavy (non-hydrogen) atoms. The predicted octanol–water partition coefficient (Wildman–Crippen LogP) is 4.38. The molecular weight excluding hydrogens is 352 g/mol. The number of urea groups is 1. The number of rotatable bonds is 3. The molecule has 2 aromatic heterocycles. The van der Waals surface area contributed by atoms with Gasteiger partial charge in [0.05, 0.1) is 25.0 Å². The summed E-state index contributed by atoms with van der Waals surface area (Å²) in [6.45, 7) is 0.676. The Balaban J connectivity index is 1.59. The van der Waals surface area contributed by atoms with E-state index in [1.54, 1.807) is 11.2 Å². The molecule has 0 spiro atoms. The van der Waals surface area contributed by atoms with Gasteiger partial charge < -0.3 is 14.1 Å². The molecule has 0 saturated carbocycles. The Hall–Kier alpha value is -2.28. The molecule has 1 atom stereocenters. The molecule has 3 heterocycles. The summed E-state index contributed by atoms with van der Waals surface area (Å²) in [4.78, 5) is 28.2. The maximum absolute atomic E-state index is 12.9. The molecule has 138 valence electrons. The lowest BCUT2D eigenvalue weighted by Crippen LogP contribution is -2.34. The fourth-order valence-electron chi connectivity index (χ4n) is 3.93. The van der Waals surface area contributed by atoms with Crippen molar-refractivity contribution in [3.05, 3.63) is 40.2 Å². The Bertz CT molecular complexity index is 812. The van der Waals surface area contributed by atoms with Crippen LogP contribution in [0.4, 0.5) is 9.80 Å². The second-order valence-corrected chi connectivity index (χ2v) is 7.81. The van der Waals surface area contributed by atoms with Crippen LogP contribution in [0.25, 0.3) is 0 Å². The average Bonchev–Trinajstić information content (AvgIpc) is 3.38. The molecule has 1 aliphatic heterocycles. The van der Waals surface area contributed by atoms with Crippen LogP contribution in [0.5, 0.6) is 0 Å². The van der Waals surface area contributed by atoms with Gasteiger partial charge in [0.15, 0.2) is 0 Å². The smallest absolute Gasteiger partial charge is 0.341 e. The first kappa shape index (κ1) is 17.1. The van der Waals surface area contributed by atoms with Gasteiger partial charge in [0, 0.05) is 11.4 Å². The summed E-state index contributed by atoms with van der Waals surface area (Å²) in [7, 11) is 1.38. The molecule has 1 unspecified atom stereocenters. The molecule has 6 nitrogen and oxygen atoms in total. The molecule has 0 radical (unpaired) electrons. The third-order valence-corrected chi connectivity index (χ3v) is 6.37. The molecule has 0 aromatic carbocycles. The molecule has 2 aromatic rings. The Kier molecular flexibility index (Phi) is 4.72. The number of hydrogen-bond acceptors (Lipinski definition) is 5. The van der Waals surface area contributed by atoms with Crippen LogP contribution in [0.3, 0.4) is 0 Å². The average molecular weight is 374 g/mol. The third-order valence-electron chi connectivity index (χ3n) is 5.17. The van der Waals surface area contributed by atoms with Gasteiger partial charge in [0.2, 0.25) is 0 Å². The Labute approximate surface area is 156 Å². The van der Waals surface area contributed by atoms with Gasteiger partial charge in [-0.25, -0.2) is 9.59 Å². The predicted molar refractivity (Wildman–Crippen MR) is 98.7 cm³/mol. The number of nitrogens with zero attached hydrogens (tertiary/aromatic N) is 1. The molecule has 2 amide bonds.